The number of nitrogens with zero attached hydrogens (tertiary/aromatic N) is 1. The van der Waals surface area contributed by atoms with E-state index in [0.717, 1.165) is 22.3 Å². The Labute approximate surface area is 83.5 Å². The summed E-state index contributed by atoms with van der Waals surface area (Å²) < 4.78 is 5.02. The monoisotopic (exact) mass is 186 g/mol. The minimum absolute atomic E-state index is 0.731. The van der Waals surface area contributed by atoms with Gasteiger partial charge in [0.05, 0.1) is 0 Å². The lowest BCUT2D eigenvalue weighted by Gasteiger charge is -2.07. The van der Waals surface area contributed by atoms with Gasteiger partial charge in [0, 0.05) is 11.1 Å². The molecule has 0 amide bonds. The summed E-state index contributed by atoms with van der Waals surface area (Å²) in [6.45, 7) is 4.05. The molecule has 2 nitrogen and oxygen atoms in total. The highest BCUT2D eigenvalue weighted by atomic mass is 16.5. The van der Waals surface area contributed by atoms with Crippen LogP contribution in [0.5, 0.6) is 5.75 Å². The van der Waals surface area contributed by atoms with Gasteiger partial charge in [-0.3, -0.25) is 0 Å². The molecule has 0 spiro atoms. The quantitative estimate of drug-likeness (QED) is 0.683. The molecule has 2 aromatic rings. The van der Waals surface area contributed by atoms with Crippen LogP contribution in [0.25, 0.3) is 10.9 Å². The zero-order valence-electron chi connectivity index (χ0n) is 8.37. The molecule has 1 aromatic carbocycles. The van der Waals surface area contributed by atoms with Crippen LogP contribution in [-0.2, 0) is 0 Å². The molecule has 1 heterocycles. The predicted molar refractivity (Wildman–Crippen MR) is 57.2 cm³/mol. The topological polar surface area (TPSA) is 22.1 Å². The lowest BCUT2D eigenvalue weighted by molar-refractivity contribution is 0.477. The number of ether oxygens (including phenoxy) is 1. The molecular formula is C12H12NO. The number of fused-ring (bicyclic) bond motifs is 1. The molecule has 14 heavy (non-hydrogen) atoms. The summed E-state index contributed by atoms with van der Waals surface area (Å²) >= 11 is 0. The van der Waals surface area contributed by atoms with Gasteiger partial charge in [-0.2, -0.15) is 0 Å². The zero-order chi connectivity index (χ0) is 10.1. The van der Waals surface area contributed by atoms with Crippen molar-refractivity contribution in [1.82, 2.24) is 4.98 Å². The van der Waals surface area contributed by atoms with Gasteiger partial charge in [-0.15, -0.1) is 0 Å². The van der Waals surface area contributed by atoms with Gasteiger partial charge in [-0.1, -0.05) is 12.1 Å². The van der Waals surface area contributed by atoms with E-state index in [1.165, 1.54) is 5.56 Å². The van der Waals surface area contributed by atoms with Crippen molar-refractivity contribution in [2.75, 3.05) is 0 Å². The first-order chi connectivity index (χ1) is 6.72. The molecule has 0 atom stereocenters. The van der Waals surface area contributed by atoms with Crippen molar-refractivity contribution in [3.8, 4) is 5.75 Å². The number of rotatable bonds is 1. The Kier molecular flexibility index (Phi) is 2.12. The molecule has 0 saturated carbocycles. The molecule has 0 aliphatic rings. The van der Waals surface area contributed by atoms with E-state index < -0.39 is 0 Å². The van der Waals surface area contributed by atoms with Crippen LogP contribution < -0.4 is 4.74 Å². The molecule has 1 aromatic heterocycles. The van der Waals surface area contributed by atoms with Crippen molar-refractivity contribution in [2.24, 2.45) is 0 Å². The van der Waals surface area contributed by atoms with E-state index in [-0.39, 0.29) is 0 Å². The summed E-state index contributed by atoms with van der Waals surface area (Å²) in [6.07, 6.45) is 0. The molecule has 0 fully saturated rings. The fourth-order valence-electron chi connectivity index (χ4n) is 1.67. The van der Waals surface area contributed by atoms with Gasteiger partial charge >= 0.3 is 0 Å². The van der Waals surface area contributed by atoms with Crippen molar-refractivity contribution >= 4 is 10.9 Å². The number of para-hydroxylation sites is 1. The van der Waals surface area contributed by atoms with Gasteiger partial charge in [0.25, 0.3) is 0 Å². The van der Waals surface area contributed by atoms with Crippen molar-refractivity contribution in [2.45, 2.75) is 13.8 Å². The number of aromatic nitrogens is 1. The highest BCUT2D eigenvalue weighted by Gasteiger charge is 2.04. The van der Waals surface area contributed by atoms with Gasteiger partial charge in [0.2, 0.25) is 0 Å². The Morgan fingerprint density at radius 1 is 1.29 bits per heavy atom. The Balaban J connectivity index is 2.86. The smallest absolute Gasteiger partial charge is 0.145 e. The van der Waals surface area contributed by atoms with Crippen LogP contribution in [0, 0.1) is 21.0 Å². The van der Waals surface area contributed by atoms with Gasteiger partial charge in [-0.05, 0) is 31.5 Å². The van der Waals surface area contributed by atoms with Gasteiger partial charge in [0.15, 0.2) is 0 Å². The molecule has 2 heteroatoms. The minimum atomic E-state index is 0.731. The maximum Gasteiger partial charge on any atom is 0.145 e. The summed E-state index contributed by atoms with van der Waals surface area (Å²) in [5.74, 6) is 0.731. The van der Waals surface area contributed by atoms with Crippen molar-refractivity contribution < 1.29 is 4.74 Å². The van der Waals surface area contributed by atoms with E-state index >= 15 is 0 Å². The highest BCUT2D eigenvalue weighted by molar-refractivity contribution is 5.87. The van der Waals surface area contributed by atoms with Crippen LogP contribution in [0.2, 0.25) is 0 Å². The maximum atomic E-state index is 5.02. The minimum Gasteiger partial charge on any atom is -0.488 e. The second-order valence-electron chi connectivity index (χ2n) is 3.38. The molecule has 0 saturated heterocycles. The van der Waals surface area contributed by atoms with Crippen LogP contribution in [0.3, 0.4) is 0 Å². The van der Waals surface area contributed by atoms with Crippen LogP contribution >= 0.6 is 0 Å². The predicted octanol–water partition coefficient (Wildman–Crippen LogP) is 3.02. The Morgan fingerprint density at radius 3 is 2.79 bits per heavy atom. The summed E-state index contributed by atoms with van der Waals surface area (Å²) in [6, 6.07) is 7.93. The number of hydrogen-bond acceptors (Lipinski definition) is 2. The largest absolute Gasteiger partial charge is 0.488 e. The lowest BCUT2D eigenvalue weighted by atomic mass is 10.1. The van der Waals surface area contributed by atoms with E-state index in [1.807, 2.05) is 25.1 Å². The summed E-state index contributed by atoms with van der Waals surface area (Å²) in [5, 5.41) is 1.12. The highest BCUT2D eigenvalue weighted by Crippen LogP contribution is 2.26. The number of benzene rings is 1. The van der Waals surface area contributed by atoms with Gasteiger partial charge in [0.1, 0.15) is 18.4 Å². The van der Waals surface area contributed by atoms with Crippen molar-refractivity contribution in [1.29, 1.82) is 0 Å². The maximum absolute atomic E-state index is 5.02. The first-order valence-electron chi connectivity index (χ1n) is 4.51. The molecular weight excluding hydrogens is 174 g/mol. The average molecular weight is 186 g/mol. The van der Waals surface area contributed by atoms with E-state index in [4.69, 9.17) is 4.74 Å². The standard InChI is InChI=1S/C12H12NO/c1-8-7-9(2)13-12-10(8)5-4-6-11(12)14-3/h4-7H,3H2,1-2H3. The third-order valence-corrected chi connectivity index (χ3v) is 2.29. The van der Waals surface area contributed by atoms with E-state index in [2.05, 4.69) is 25.1 Å². The number of hydrogen-bond donors (Lipinski definition) is 0. The molecule has 71 valence electrons. The van der Waals surface area contributed by atoms with Crippen LogP contribution in [0.15, 0.2) is 24.3 Å². The Morgan fingerprint density at radius 2 is 2.07 bits per heavy atom. The second-order valence-corrected chi connectivity index (χ2v) is 3.38. The summed E-state index contributed by atoms with van der Waals surface area (Å²) in [5.41, 5.74) is 3.10. The fraction of sp³-hybridized carbons (Fsp3) is 0.167. The molecule has 0 unspecified atom stereocenters. The first-order valence-corrected chi connectivity index (χ1v) is 4.51. The molecule has 1 radical (unpaired) electrons. The number of pyridine rings is 1. The van der Waals surface area contributed by atoms with E-state index in [1.54, 1.807) is 0 Å². The van der Waals surface area contributed by atoms with Crippen molar-refractivity contribution in [3.63, 3.8) is 0 Å². The SMILES string of the molecule is [CH2]Oc1cccc2c(C)cc(C)nc12. The second kappa shape index (κ2) is 3.29. The Bertz CT molecular complexity index is 477. The van der Waals surface area contributed by atoms with Crippen LogP contribution in [-0.4, -0.2) is 4.98 Å². The normalized spacial score (nSPS) is 10.5. The summed E-state index contributed by atoms with van der Waals surface area (Å²) in [4.78, 5) is 4.44. The van der Waals surface area contributed by atoms with Gasteiger partial charge < -0.3 is 4.74 Å². The van der Waals surface area contributed by atoms with E-state index in [9.17, 15) is 0 Å². The Hall–Kier alpha value is -1.57. The van der Waals surface area contributed by atoms with Crippen LogP contribution in [0.1, 0.15) is 11.3 Å². The molecule has 0 aliphatic carbocycles. The third-order valence-electron chi connectivity index (χ3n) is 2.29. The average Bonchev–Trinajstić information content (AvgIpc) is 2.17. The van der Waals surface area contributed by atoms with Crippen molar-refractivity contribution in [3.05, 3.63) is 42.6 Å². The molecule has 0 bridgehead atoms. The lowest BCUT2D eigenvalue weighted by Crippen LogP contribution is -1.90. The molecule has 0 aliphatic heterocycles. The van der Waals surface area contributed by atoms with E-state index in [0.29, 0.717) is 0 Å². The summed E-state index contributed by atoms with van der Waals surface area (Å²) in [7, 11) is 3.43. The zero-order valence-corrected chi connectivity index (χ0v) is 8.37. The molecule has 2 rings (SSSR count). The van der Waals surface area contributed by atoms with Crippen LogP contribution in [0.4, 0.5) is 0 Å². The third kappa shape index (κ3) is 1.33. The first kappa shape index (κ1) is 9.00. The molecule has 0 N–H and O–H groups in total. The van der Waals surface area contributed by atoms with Gasteiger partial charge in [-0.25, -0.2) is 4.98 Å². The number of aryl methyl sites for hydroxylation is 2. The fourth-order valence-corrected chi connectivity index (χ4v) is 1.67.